The molecule has 0 saturated heterocycles. The van der Waals surface area contributed by atoms with Gasteiger partial charge in [-0.1, -0.05) is 0 Å². The highest BCUT2D eigenvalue weighted by atomic mass is 31.1. The van der Waals surface area contributed by atoms with E-state index >= 15 is 0 Å². The van der Waals surface area contributed by atoms with Crippen LogP contribution in [0.25, 0.3) is 0 Å². The van der Waals surface area contributed by atoms with E-state index in [1.165, 1.54) is 0 Å². The zero-order valence-electron chi connectivity index (χ0n) is 6.10. The molecule has 2 heteroatoms. The molecule has 0 heterocycles. The number of halogens is 1. The monoisotopic (exact) mass is 148 g/mol. The van der Waals surface area contributed by atoms with E-state index < -0.39 is 6.17 Å². The highest BCUT2D eigenvalue weighted by Crippen LogP contribution is 2.43. The maximum atomic E-state index is 12.9. The Balaban J connectivity index is 2.40. The van der Waals surface area contributed by atoms with E-state index in [4.69, 9.17) is 0 Å². The molecule has 1 aliphatic rings. The Morgan fingerprint density at radius 2 is 2.00 bits per heavy atom. The Hall–Kier alpha value is 0.360. The molecule has 2 unspecified atom stereocenters. The van der Waals surface area contributed by atoms with Crippen LogP contribution in [0.4, 0.5) is 4.39 Å². The third-order valence-electron chi connectivity index (χ3n) is 2.06. The Morgan fingerprint density at radius 1 is 1.33 bits per heavy atom. The van der Waals surface area contributed by atoms with E-state index in [9.17, 15) is 4.39 Å². The number of rotatable bonds is 1. The van der Waals surface area contributed by atoms with E-state index in [0.717, 1.165) is 19.3 Å². The smallest absolute Gasteiger partial charge is 0.107 e. The van der Waals surface area contributed by atoms with Gasteiger partial charge in [0.1, 0.15) is 6.17 Å². The van der Waals surface area contributed by atoms with E-state index in [0.29, 0.717) is 5.66 Å². The topological polar surface area (TPSA) is 0 Å². The van der Waals surface area contributed by atoms with Crippen LogP contribution in [0.1, 0.15) is 19.3 Å². The number of alkyl halides is 1. The first-order valence-electron chi connectivity index (χ1n) is 3.52. The van der Waals surface area contributed by atoms with Gasteiger partial charge in [0, 0.05) is 5.66 Å². The third-order valence-corrected chi connectivity index (χ3v) is 3.97. The van der Waals surface area contributed by atoms with Gasteiger partial charge in [-0.2, -0.15) is 0 Å². The summed E-state index contributed by atoms with van der Waals surface area (Å²) >= 11 is 0. The Morgan fingerprint density at radius 3 is 2.22 bits per heavy atom. The van der Waals surface area contributed by atoms with Crippen LogP contribution in [0.2, 0.25) is 0 Å². The summed E-state index contributed by atoms with van der Waals surface area (Å²) in [5.41, 5.74) is 0.431. The lowest BCUT2D eigenvalue weighted by atomic mass is 10.3. The van der Waals surface area contributed by atoms with Crippen LogP contribution >= 0.6 is 7.92 Å². The minimum atomic E-state index is -0.467. The summed E-state index contributed by atoms with van der Waals surface area (Å²) in [6.45, 7) is 4.36. The van der Waals surface area contributed by atoms with E-state index in [1.807, 2.05) is 0 Å². The lowest BCUT2D eigenvalue weighted by Crippen LogP contribution is -2.11. The number of hydrogen-bond acceptors (Lipinski definition) is 0. The molecule has 0 bridgehead atoms. The Kier molecular flexibility index (Phi) is 2.46. The summed E-state index contributed by atoms with van der Waals surface area (Å²) in [5, 5.41) is 0. The zero-order valence-corrected chi connectivity index (χ0v) is 7.00. The van der Waals surface area contributed by atoms with Gasteiger partial charge in [0.15, 0.2) is 0 Å². The largest absolute Gasteiger partial charge is 0.247 e. The fraction of sp³-hybridized carbons (Fsp3) is 1.00. The van der Waals surface area contributed by atoms with Crippen molar-refractivity contribution < 1.29 is 4.39 Å². The minimum absolute atomic E-state index is 0.0159. The predicted octanol–water partition coefficient (Wildman–Crippen LogP) is 2.62. The van der Waals surface area contributed by atoms with Crippen LogP contribution in [0.5, 0.6) is 0 Å². The molecular weight excluding hydrogens is 134 g/mol. The molecule has 1 fully saturated rings. The van der Waals surface area contributed by atoms with Crippen molar-refractivity contribution in [2.75, 3.05) is 13.3 Å². The van der Waals surface area contributed by atoms with Crippen molar-refractivity contribution >= 4 is 7.92 Å². The summed E-state index contributed by atoms with van der Waals surface area (Å²) in [6.07, 6.45) is 2.61. The van der Waals surface area contributed by atoms with Gasteiger partial charge >= 0.3 is 0 Å². The van der Waals surface area contributed by atoms with Crippen LogP contribution in [-0.4, -0.2) is 25.2 Å². The first kappa shape index (κ1) is 7.47. The second kappa shape index (κ2) is 2.96. The van der Waals surface area contributed by atoms with Crippen LogP contribution < -0.4 is 0 Å². The molecule has 0 spiro atoms. The van der Waals surface area contributed by atoms with Crippen molar-refractivity contribution in [2.24, 2.45) is 0 Å². The van der Waals surface area contributed by atoms with Crippen molar-refractivity contribution in [1.29, 1.82) is 0 Å². The third kappa shape index (κ3) is 1.64. The molecule has 2 atom stereocenters. The molecule has 0 aromatic carbocycles. The molecule has 0 aliphatic heterocycles. The highest BCUT2D eigenvalue weighted by Gasteiger charge is 2.28. The number of hydrogen-bond donors (Lipinski definition) is 0. The normalized spacial score (nSPS) is 36.0. The average molecular weight is 148 g/mol. The zero-order chi connectivity index (χ0) is 6.85. The minimum Gasteiger partial charge on any atom is -0.247 e. The molecule has 0 amide bonds. The summed E-state index contributed by atoms with van der Waals surface area (Å²) < 4.78 is 12.9. The molecule has 0 aromatic rings. The molecule has 0 nitrogen and oxygen atoms in total. The molecule has 54 valence electrons. The molecule has 0 radical (unpaired) electrons. The Labute approximate surface area is 57.6 Å². The van der Waals surface area contributed by atoms with Gasteiger partial charge in [0.25, 0.3) is 0 Å². The quantitative estimate of drug-likeness (QED) is 0.501. The summed E-state index contributed by atoms with van der Waals surface area (Å²) in [4.78, 5) is 0. The molecule has 0 aromatic heterocycles. The van der Waals surface area contributed by atoms with Gasteiger partial charge in [0.05, 0.1) is 0 Å². The fourth-order valence-corrected chi connectivity index (χ4v) is 2.97. The molecule has 9 heavy (non-hydrogen) atoms. The molecule has 1 rings (SSSR count). The van der Waals surface area contributed by atoms with Crippen LogP contribution in [0, 0.1) is 0 Å². The summed E-state index contributed by atoms with van der Waals surface area (Å²) in [7, 11) is -0.0159. The SMILES string of the molecule is CP(C)C1CCCC1F. The first-order chi connectivity index (χ1) is 4.22. The standard InChI is InChI=1S/C7H14FP/c1-9(2)7-5-3-4-6(7)8/h6-7H,3-5H2,1-2H3. The van der Waals surface area contributed by atoms with Crippen LogP contribution in [-0.2, 0) is 0 Å². The molecule has 0 N–H and O–H groups in total. The summed E-state index contributed by atoms with van der Waals surface area (Å²) in [6, 6.07) is 0. The average Bonchev–Trinajstić information content (AvgIpc) is 2.13. The fourth-order valence-electron chi connectivity index (χ4n) is 1.48. The first-order valence-corrected chi connectivity index (χ1v) is 5.83. The van der Waals surface area contributed by atoms with Crippen molar-refractivity contribution in [3.8, 4) is 0 Å². The second-order valence-electron chi connectivity index (χ2n) is 2.98. The van der Waals surface area contributed by atoms with Crippen LogP contribution in [0.3, 0.4) is 0 Å². The maximum Gasteiger partial charge on any atom is 0.107 e. The van der Waals surface area contributed by atoms with E-state index in [2.05, 4.69) is 13.3 Å². The van der Waals surface area contributed by atoms with Crippen molar-refractivity contribution in [1.82, 2.24) is 0 Å². The van der Waals surface area contributed by atoms with Gasteiger partial charge in [-0.05, 0) is 32.6 Å². The van der Waals surface area contributed by atoms with Crippen molar-refractivity contribution in [3.05, 3.63) is 0 Å². The van der Waals surface area contributed by atoms with Gasteiger partial charge < -0.3 is 0 Å². The summed E-state index contributed by atoms with van der Waals surface area (Å²) in [5.74, 6) is 0. The van der Waals surface area contributed by atoms with Gasteiger partial charge in [-0.25, -0.2) is 4.39 Å². The van der Waals surface area contributed by atoms with Crippen LogP contribution in [0.15, 0.2) is 0 Å². The predicted molar refractivity (Wildman–Crippen MR) is 41.3 cm³/mol. The van der Waals surface area contributed by atoms with Gasteiger partial charge in [0.2, 0.25) is 0 Å². The van der Waals surface area contributed by atoms with Crippen molar-refractivity contribution in [3.63, 3.8) is 0 Å². The molecule has 1 saturated carbocycles. The lowest BCUT2D eigenvalue weighted by Gasteiger charge is -2.16. The maximum absolute atomic E-state index is 12.9. The van der Waals surface area contributed by atoms with E-state index in [-0.39, 0.29) is 7.92 Å². The van der Waals surface area contributed by atoms with Gasteiger partial charge in [-0.15, -0.1) is 7.92 Å². The second-order valence-corrected chi connectivity index (χ2v) is 5.57. The molecule has 1 aliphatic carbocycles. The lowest BCUT2D eigenvalue weighted by molar-refractivity contribution is 0.347. The van der Waals surface area contributed by atoms with Crippen molar-refractivity contribution in [2.45, 2.75) is 31.1 Å². The van der Waals surface area contributed by atoms with E-state index in [1.54, 1.807) is 0 Å². The van der Waals surface area contributed by atoms with Gasteiger partial charge in [-0.3, -0.25) is 0 Å². The Bertz CT molecular complexity index is 92.9. The molecular formula is C7H14FP. The highest BCUT2D eigenvalue weighted by molar-refractivity contribution is 7.56.